The lowest BCUT2D eigenvalue weighted by Gasteiger charge is -2.25. The fourth-order valence-corrected chi connectivity index (χ4v) is 2.96. The van der Waals surface area contributed by atoms with Crippen LogP contribution in [-0.4, -0.2) is 50.0 Å². The summed E-state index contributed by atoms with van der Waals surface area (Å²) in [4.78, 5) is 7.23. The quantitative estimate of drug-likeness (QED) is 0.670. The zero-order valence-corrected chi connectivity index (χ0v) is 14.4. The number of halogens is 1. The van der Waals surface area contributed by atoms with Crippen molar-refractivity contribution in [2.24, 2.45) is 4.99 Å². The molecule has 3 rings (SSSR count). The summed E-state index contributed by atoms with van der Waals surface area (Å²) < 4.78 is 5.39. The molecule has 1 aliphatic heterocycles. The van der Waals surface area contributed by atoms with Crippen molar-refractivity contribution in [2.45, 2.75) is 0 Å². The molecule has 0 amide bonds. The minimum absolute atomic E-state index is 0.663. The highest BCUT2D eigenvalue weighted by atomic mass is 35.5. The second-order valence-corrected chi connectivity index (χ2v) is 6.22. The third-order valence-corrected chi connectivity index (χ3v) is 4.34. The molecule has 0 aromatic heterocycles. The maximum atomic E-state index is 6.18. The summed E-state index contributed by atoms with van der Waals surface area (Å²) in [5.74, 6) is 0. The molecular weight excluding hydrogens is 322 g/mol. The van der Waals surface area contributed by atoms with E-state index in [1.165, 1.54) is 0 Å². The smallest absolute Gasteiger partial charge is 0.0740 e. The molecule has 24 heavy (non-hydrogen) atoms. The van der Waals surface area contributed by atoms with Gasteiger partial charge in [0.05, 0.1) is 25.5 Å². The summed E-state index contributed by atoms with van der Waals surface area (Å²) in [6, 6.07) is 15.6. The number of nitrogens with two attached hydrogens (primary N) is 1. The molecule has 2 N–H and O–H groups in total. The Labute approximate surface area is 147 Å². The van der Waals surface area contributed by atoms with Crippen molar-refractivity contribution in [2.75, 3.05) is 45.1 Å². The lowest BCUT2D eigenvalue weighted by Crippen LogP contribution is -2.37. The molecule has 0 saturated carbocycles. The number of morpholine rings is 1. The first-order valence-electron chi connectivity index (χ1n) is 8.19. The van der Waals surface area contributed by atoms with E-state index < -0.39 is 0 Å². The number of nitrogens with zero attached hydrogens (tertiary/aromatic N) is 2. The van der Waals surface area contributed by atoms with Crippen LogP contribution in [0.15, 0.2) is 53.5 Å². The standard InChI is InChI=1S/C19H22ClN3O/c20-16-6-7-18(21)17(14-16)19(15-4-2-1-3-5-15)22-8-9-23-10-12-24-13-11-23/h1-7,14H,8-13,21H2. The van der Waals surface area contributed by atoms with Gasteiger partial charge in [0.15, 0.2) is 0 Å². The molecular formula is C19H22ClN3O. The van der Waals surface area contributed by atoms with E-state index in [4.69, 9.17) is 27.1 Å². The van der Waals surface area contributed by atoms with Gasteiger partial charge in [-0.1, -0.05) is 41.9 Å². The number of nitrogen functional groups attached to an aromatic ring is 1. The molecule has 0 radical (unpaired) electrons. The van der Waals surface area contributed by atoms with Gasteiger partial charge in [-0.05, 0) is 18.2 Å². The predicted molar refractivity (Wildman–Crippen MR) is 100 cm³/mol. The van der Waals surface area contributed by atoms with Crippen LogP contribution in [0.4, 0.5) is 5.69 Å². The van der Waals surface area contributed by atoms with Crippen molar-refractivity contribution < 1.29 is 4.74 Å². The maximum Gasteiger partial charge on any atom is 0.0740 e. The normalized spacial score (nSPS) is 16.3. The van der Waals surface area contributed by atoms with E-state index in [9.17, 15) is 0 Å². The van der Waals surface area contributed by atoms with Crippen LogP contribution in [0.2, 0.25) is 5.02 Å². The number of aliphatic imine (C=N–C) groups is 1. The van der Waals surface area contributed by atoms with Gasteiger partial charge in [-0.15, -0.1) is 0 Å². The largest absolute Gasteiger partial charge is 0.398 e. The Hall–Kier alpha value is -1.88. The third-order valence-electron chi connectivity index (χ3n) is 4.11. The molecule has 0 unspecified atom stereocenters. The van der Waals surface area contributed by atoms with E-state index in [1.54, 1.807) is 6.07 Å². The maximum absolute atomic E-state index is 6.18. The Kier molecular flexibility index (Phi) is 5.86. The number of ether oxygens (including phenoxy) is 1. The van der Waals surface area contributed by atoms with Gasteiger partial charge in [0.2, 0.25) is 0 Å². The summed E-state index contributed by atoms with van der Waals surface area (Å²) in [5, 5.41) is 0.663. The van der Waals surface area contributed by atoms with Gasteiger partial charge in [-0.25, -0.2) is 0 Å². The lowest BCUT2D eigenvalue weighted by molar-refractivity contribution is 0.0394. The average molecular weight is 344 g/mol. The molecule has 4 nitrogen and oxygen atoms in total. The SMILES string of the molecule is Nc1ccc(Cl)cc1C(=NCCN1CCOCC1)c1ccccc1. The van der Waals surface area contributed by atoms with Crippen LogP contribution in [0.3, 0.4) is 0 Å². The van der Waals surface area contributed by atoms with Crippen LogP contribution in [0, 0.1) is 0 Å². The van der Waals surface area contributed by atoms with Gasteiger partial charge in [-0.2, -0.15) is 0 Å². The Balaban J connectivity index is 1.84. The molecule has 1 fully saturated rings. The fraction of sp³-hybridized carbons (Fsp3) is 0.316. The van der Waals surface area contributed by atoms with E-state index in [-0.39, 0.29) is 0 Å². The van der Waals surface area contributed by atoms with E-state index in [0.717, 1.165) is 56.2 Å². The van der Waals surface area contributed by atoms with Crippen molar-refractivity contribution >= 4 is 23.0 Å². The van der Waals surface area contributed by atoms with E-state index in [0.29, 0.717) is 10.7 Å². The van der Waals surface area contributed by atoms with Crippen molar-refractivity contribution in [1.29, 1.82) is 0 Å². The van der Waals surface area contributed by atoms with Crippen molar-refractivity contribution in [3.05, 3.63) is 64.7 Å². The fourth-order valence-electron chi connectivity index (χ4n) is 2.79. The highest BCUT2D eigenvalue weighted by Gasteiger charge is 2.13. The van der Waals surface area contributed by atoms with Gasteiger partial charge >= 0.3 is 0 Å². The van der Waals surface area contributed by atoms with Crippen LogP contribution in [-0.2, 0) is 4.74 Å². The summed E-state index contributed by atoms with van der Waals surface area (Å²) in [6.07, 6.45) is 0. The summed E-state index contributed by atoms with van der Waals surface area (Å²) >= 11 is 6.17. The molecule has 1 aliphatic rings. The topological polar surface area (TPSA) is 50.8 Å². The van der Waals surface area contributed by atoms with Gasteiger partial charge in [0, 0.05) is 41.5 Å². The Morgan fingerprint density at radius 2 is 1.88 bits per heavy atom. The van der Waals surface area contributed by atoms with Crippen molar-refractivity contribution in [3.63, 3.8) is 0 Å². The van der Waals surface area contributed by atoms with Crippen LogP contribution in [0.25, 0.3) is 0 Å². The Morgan fingerprint density at radius 3 is 2.62 bits per heavy atom. The second-order valence-electron chi connectivity index (χ2n) is 5.78. The van der Waals surface area contributed by atoms with Gasteiger partial charge in [-0.3, -0.25) is 9.89 Å². The highest BCUT2D eigenvalue weighted by molar-refractivity contribution is 6.31. The second kappa shape index (κ2) is 8.29. The molecule has 1 saturated heterocycles. The van der Waals surface area contributed by atoms with E-state index in [2.05, 4.69) is 4.90 Å². The van der Waals surface area contributed by atoms with Gasteiger partial charge < -0.3 is 10.5 Å². The van der Waals surface area contributed by atoms with Crippen molar-refractivity contribution in [3.8, 4) is 0 Å². The number of hydrogen-bond donors (Lipinski definition) is 1. The van der Waals surface area contributed by atoms with Crippen LogP contribution in [0.1, 0.15) is 11.1 Å². The molecule has 5 heteroatoms. The minimum atomic E-state index is 0.663. The summed E-state index contributed by atoms with van der Waals surface area (Å²) in [6.45, 7) is 5.17. The first-order chi connectivity index (χ1) is 11.7. The Morgan fingerprint density at radius 1 is 1.12 bits per heavy atom. The molecule has 0 bridgehead atoms. The van der Waals surface area contributed by atoms with Crippen LogP contribution < -0.4 is 5.73 Å². The van der Waals surface area contributed by atoms with E-state index >= 15 is 0 Å². The van der Waals surface area contributed by atoms with Gasteiger partial charge in [0.1, 0.15) is 0 Å². The van der Waals surface area contributed by atoms with Crippen LogP contribution in [0.5, 0.6) is 0 Å². The molecule has 0 atom stereocenters. The zero-order chi connectivity index (χ0) is 16.8. The molecule has 0 spiro atoms. The molecule has 2 aromatic rings. The number of rotatable bonds is 5. The Bertz CT molecular complexity index is 697. The number of benzene rings is 2. The van der Waals surface area contributed by atoms with Gasteiger partial charge in [0.25, 0.3) is 0 Å². The summed E-state index contributed by atoms with van der Waals surface area (Å²) in [5.41, 5.74) is 9.69. The highest BCUT2D eigenvalue weighted by Crippen LogP contribution is 2.22. The van der Waals surface area contributed by atoms with E-state index in [1.807, 2.05) is 42.5 Å². The predicted octanol–water partition coefficient (Wildman–Crippen LogP) is 3.09. The number of anilines is 1. The van der Waals surface area contributed by atoms with Crippen LogP contribution >= 0.6 is 11.6 Å². The molecule has 126 valence electrons. The lowest BCUT2D eigenvalue weighted by atomic mass is 10.0. The zero-order valence-electron chi connectivity index (χ0n) is 13.6. The summed E-state index contributed by atoms with van der Waals surface area (Å²) in [7, 11) is 0. The number of hydrogen-bond acceptors (Lipinski definition) is 4. The molecule has 0 aliphatic carbocycles. The molecule has 2 aromatic carbocycles. The average Bonchev–Trinajstić information content (AvgIpc) is 2.63. The monoisotopic (exact) mass is 343 g/mol. The van der Waals surface area contributed by atoms with Crippen molar-refractivity contribution in [1.82, 2.24) is 4.90 Å². The first-order valence-corrected chi connectivity index (χ1v) is 8.57. The third kappa shape index (κ3) is 4.35. The molecule has 1 heterocycles. The minimum Gasteiger partial charge on any atom is -0.398 e. The first kappa shape index (κ1) is 17.0.